The smallest absolute Gasteiger partial charge is 0.415 e. The fourth-order valence-electron chi connectivity index (χ4n) is 3.02. The Morgan fingerprint density at radius 1 is 1.26 bits per heavy atom. The van der Waals surface area contributed by atoms with E-state index >= 15 is 0 Å². The first kappa shape index (κ1) is 20.9. The lowest BCUT2D eigenvalue weighted by Gasteiger charge is -2.25. The van der Waals surface area contributed by atoms with Crippen LogP contribution in [0.15, 0.2) is 41.1 Å². The Kier molecular flexibility index (Phi) is 5.94. The number of cyclic esters (lactones) is 1. The van der Waals surface area contributed by atoms with Gasteiger partial charge in [0.15, 0.2) is 0 Å². The van der Waals surface area contributed by atoms with Gasteiger partial charge in [-0.05, 0) is 30.3 Å². The van der Waals surface area contributed by atoms with Crippen LogP contribution in [0.4, 0.5) is 25.3 Å². The Morgan fingerprint density at radius 2 is 2.03 bits per heavy atom. The summed E-state index contributed by atoms with van der Waals surface area (Å²) in [5, 5.41) is 7.42. The van der Waals surface area contributed by atoms with Crippen molar-refractivity contribution in [3.8, 4) is 11.4 Å². The maximum atomic E-state index is 13.2. The van der Waals surface area contributed by atoms with Gasteiger partial charge in [-0.1, -0.05) is 23.7 Å². The number of hydrogen-bond donors (Lipinski definition) is 1. The molecule has 0 unspecified atom stereocenters. The molecular weight excluding hydrogens is 434 g/mol. The Morgan fingerprint density at radius 3 is 2.77 bits per heavy atom. The molecule has 2 atom stereocenters. The van der Waals surface area contributed by atoms with E-state index in [-0.39, 0.29) is 30.8 Å². The largest absolute Gasteiger partial charge is 0.447 e. The summed E-state index contributed by atoms with van der Waals surface area (Å²) in [6, 6.07) is 7.60. The summed E-state index contributed by atoms with van der Waals surface area (Å²) in [5.41, 5.74) is 0.740. The number of nitrogens with one attached hydrogen (secondary N) is 1. The minimum Gasteiger partial charge on any atom is -0.447 e. The maximum absolute atomic E-state index is 13.2. The van der Waals surface area contributed by atoms with E-state index < -0.39 is 24.5 Å². The number of rotatable bonds is 7. The van der Waals surface area contributed by atoms with Crippen molar-refractivity contribution in [1.29, 1.82) is 0 Å². The number of benzene rings is 1. The highest BCUT2D eigenvalue weighted by Gasteiger charge is 2.41. The van der Waals surface area contributed by atoms with Crippen LogP contribution in [0.25, 0.3) is 11.4 Å². The standard InChI is InChI=1S/C19H17ClF2N6O3/c1-10(16(21)22)13-9-30-19(29)28(13)14-6-7-23-18(25-14)24-8-15-26-17(27-31-15)11-2-4-12(20)5-3-11/h2-7,10,13,16H,8-9H2,1H3,(H,23,24,25)/t10-,13-/m1/s1. The molecule has 1 fully saturated rings. The first-order valence-corrected chi connectivity index (χ1v) is 9.70. The lowest BCUT2D eigenvalue weighted by atomic mass is 10.0. The van der Waals surface area contributed by atoms with Gasteiger partial charge in [-0.3, -0.25) is 4.90 Å². The molecule has 0 aliphatic carbocycles. The summed E-state index contributed by atoms with van der Waals surface area (Å²) in [4.78, 5) is 25.8. The molecular formula is C19H17ClF2N6O3. The van der Waals surface area contributed by atoms with Gasteiger partial charge in [-0.25, -0.2) is 18.6 Å². The molecule has 3 aromatic rings. The van der Waals surface area contributed by atoms with Gasteiger partial charge in [0.05, 0.1) is 12.6 Å². The van der Waals surface area contributed by atoms with E-state index in [1.54, 1.807) is 24.3 Å². The fraction of sp³-hybridized carbons (Fsp3) is 0.316. The first-order chi connectivity index (χ1) is 14.9. The highest BCUT2D eigenvalue weighted by Crippen LogP contribution is 2.29. The number of halogens is 3. The molecule has 31 heavy (non-hydrogen) atoms. The van der Waals surface area contributed by atoms with Crippen LogP contribution in [-0.4, -0.2) is 45.3 Å². The normalized spacial score (nSPS) is 17.1. The van der Waals surface area contributed by atoms with Crippen molar-refractivity contribution in [2.24, 2.45) is 5.92 Å². The minimum atomic E-state index is -2.60. The van der Waals surface area contributed by atoms with Crippen molar-refractivity contribution in [2.75, 3.05) is 16.8 Å². The maximum Gasteiger partial charge on any atom is 0.415 e. The number of nitrogens with zero attached hydrogens (tertiary/aromatic N) is 5. The number of carbonyl (C=O) groups excluding carboxylic acids is 1. The second kappa shape index (κ2) is 8.80. The van der Waals surface area contributed by atoms with Crippen molar-refractivity contribution in [2.45, 2.75) is 25.9 Å². The lowest BCUT2D eigenvalue weighted by Crippen LogP contribution is -2.41. The molecule has 1 N–H and O–H groups in total. The number of anilines is 2. The van der Waals surface area contributed by atoms with E-state index in [0.717, 1.165) is 10.5 Å². The van der Waals surface area contributed by atoms with Gasteiger partial charge in [0.25, 0.3) is 0 Å². The van der Waals surface area contributed by atoms with E-state index in [1.807, 2.05) is 0 Å². The molecule has 2 aromatic heterocycles. The zero-order chi connectivity index (χ0) is 22.0. The molecule has 0 bridgehead atoms. The molecule has 3 heterocycles. The van der Waals surface area contributed by atoms with Gasteiger partial charge >= 0.3 is 6.09 Å². The first-order valence-electron chi connectivity index (χ1n) is 9.32. The van der Waals surface area contributed by atoms with Gasteiger partial charge in [-0.2, -0.15) is 9.97 Å². The summed E-state index contributed by atoms with van der Waals surface area (Å²) in [5.74, 6) is -0.0882. The average molecular weight is 451 g/mol. The van der Waals surface area contributed by atoms with Gasteiger partial charge in [0.2, 0.25) is 24.1 Å². The van der Waals surface area contributed by atoms with Crippen molar-refractivity contribution in [3.63, 3.8) is 0 Å². The van der Waals surface area contributed by atoms with Gasteiger partial charge < -0.3 is 14.6 Å². The minimum absolute atomic E-state index is 0.116. The lowest BCUT2D eigenvalue weighted by molar-refractivity contribution is 0.0685. The van der Waals surface area contributed by atoms with Gasteiger partial charge in [-0.15, -0.1) is 0 Å². The van der Waals surface area contributed by atoms with E-state index in [1.165, 1.54) is 19.2 Å². The molecule has 1 aromatic carbocycles. The number of aromatic nitrogens is 4. The third-order valence-corrected chi connectivity index (χ3v) is 5.02. The number of carbonyl (C=O) groups is 1. The monoisotopic (exact) mass is 450 g/mol. The average Bonchev–Trinajstić information content (AvgIpc) is 3.39. The molecule has 0 spiro atoms. The van der Waals surface area contributed by atoms with E-state index in [9.17, 15) is 13.6 Å². The number of amides is 1. The summed E-state index contributed by atoms with van der Waals surface area (Å²) in [6.07, 6.45) is -1.92. The number of hydrogen-bond acceptors (Lipinski definition) is 8. The van der Waals surface area contributed by atoms with E-state index in [0.29, 0.717) is 10.8 Å². The molecule has 12 heteroatoms. The van der Waals surface area contributed by atoms with Crippen LogP contribution in [0.2, 0.25) is 5.02 Å². The second-order valence-corrected chi connectivity index (χ2v) is 7.25. The molecule has 1 saturated heterocycles. The van der Waals surface area contributed by atoms with Crippen molar-refractivity contribution < 1.29 is 22.8 Å². The predicted molar refractivity (Wildman–Crippen MR) is 107 cm³/mol. The molecule has 0 saturated carbocycles. The second-order valence-electron chi connectivity index (χ2n) is 6.82. The van der Waals surface area contributed by atoms with Crippen molar-refractivity contribution in [1.82, 2.24) is 20.1 Å². The Labute approximate surface area is 180 Å². The quantitative estimate of drug-likeness (QED) is 0.575. The van der Waals surface area contributed by atoms with Crippen molar-refractivity contribution >= 4 is 29.5 Å². The summed E-state index contributed by atoms with van der Waals surface area (Å²) in [6.45, 7) is 1.34. The van der Waals surface area contributed by atoms with Crippen LogP contribution >= 0.6 is 11.6 Å². The summed E-state index contributed by atoms with van der Waals surface area (Å²) >= 11 is 5.87. The topological polar surface area (TPSA) is 106 Å². The van der Waals surface area contributed by atoms with E-state index in [4.69, 9.17) is 20.9 Å². The van der Waals surface area contributed by atoms with Crippen LogP contribution in [0.3, 0.4) is 0 Å². The van der Waals surface area contributed by atoms with Crippen LogP contribution < -0.4 is 10.2 Å². The zero-order valence-electron chi connectivity index (χ0n) is 16.2. The van der Waals surface area contributed by atoms with E-state index in [2.05, 4.69) is 25.4 Å². The molecule has 1 aliphatic heterocycles. The SMILES string of the molecule is C[C@@H](C(F)F)[C@H]1COC(=O)N1c1ccnc(NCc2nc(-c3ccc(Cl)cc3)no2)n1. The Balaban J connectivity index is 1.46. The van der Waals surface area contributed by atoms with Crippen LogP contribution in [0.1, 0.15) is 12.8 Å². The fourth-order valence-corrected chi connectivity index (χ4v) is 3.15. The Hall–Kier alpha value is -3.34. The molecule has 4 rings (SSSR count). The highest BCUT2D eigenvalue weighted by atomic mass is 35.5. The zero-order valence-corrected chi connectivity index (χ0v) is 17.0. The van der Waals surface area contributed by atoms with Crippen LogP contribution in [0, 0.1) is 5.92 Å². The van der Waals surface area contributed by atoms with Gasteiger partial charge in [0.1, 0.15) is 12.4 Å². The molecule has 0 radical (unpaired) electrons. The highest BCUT2D eigenvalue weighted by molar-refractivity contribution is 6.30. The summed E-state index contributed by atoms with van der Waals surface area (Å²) < 4.78 is 36.5. The van der Waals surface area contributed by atoms with Gasteiger partial charge in [0, 0.05) is 22.7 Å². The number of alkyl halides is 2. The van der Waals surface area contributed by atoms with Crippen molar-refractivity contribution in [3.05, 3.63) is 47.4 Å². The molecule has 9 nitrogen and oxygen atoms in total. The van der Waals surface area contributed by atoms with Crippen LogP contribution in [-0.2, 0) is 11.3 Å². The molecule has 1 aliphatic rings. The molecule has 162 valence electrons. The summed E-state index contributed by atoms with van der Waals surface area (Å²) in [7, 11) is 0. The Bertz CT molecular complexity index is 1060. The van der Waals surface area contributed by atoms with Crippen LogP contribution in [0.5, 0.6) is 0 Å². The third-order valence-electron chi connectivity index (χ3n) is 4.77. The molecule has 1 amide bonds. The number of ether oxygens (including phenoxy) is 1. The third kappa shape index (κ3) is 4.55. The predicted octanol–water partition coefficient (Wildman–Crippen LogP) is 4.02.